The second-order valence-corrected chi connectivity index (χ2v) is 7.69. The van der Waals surface area contributed by atoms with Crippen LogP contribution < -0.4 is 5.32 Å². The van der Waals surface area contributed by atoms with E-state index in [-0.39, 0.29) is 0 Å². The largest absolute Gasteiger partial charge is 0.311 e. The number of hydrogen-bond acceptors (Lipinski definition) is 3. The molecular formula is C17H21NS2. The number of hydrogen-bond donors (Lipinski definition) is 1. The lowest BCUT2D eigenvalue weighted by Crippen LogP contribution is -2.26. The highest BCUT2D eigenvalue weighted by atomic mass is 32.2. The molecule has 0 bridgehead atoms. The molecule has 0 saturated carbocycles. The Morgan fingerprint density at radius 3 is 2.80 bits per heavy atom. The summed E-state index contributed by atoms with van der Waals surface area (Å²) in [5.41, 5.74) is 2.66. The Hall–Kier alpha value is -0.770. The average molecular weight is 303 g/mol. The molecule has 0 amide bonds. The van der Waals surface area contributed by atoms with E-state index in [1.165, 1.54) is 41.0 Å². The smallest absolute Gasteiger partial charge is 0.0300 e. The van der Waals surface area contributed by atoms with Crippen molar-refractivity contribution in [3.8, 4) is 11.1 Å². The summed E-state index contributed by atoms with van der Waals surface area (Å²) in [6.45, 7) is 2.16. The van der Waals surface area contributed by atoms with Gasteiger partial charge < -0.3 is 5.32 Å². The molecule has 1 nitrogen and oxygen atoms in total. The highest BCUT2D eigenvalue weighted by Gasteiger charge is 2.13. The maximum Gasteiger partial charge on any atom is 0.0300 e. The minimum absolute atomic E-state index is 0.831. The zero-order chi connectivity index (χ0) is 13.6. The molecule has 106 valence electrons. The number of thioether (sulfide) groups is 1. The van der Waals surface area contributed by atoms with Crippen LogP contribution in [0.1, 0.15) is 24.1 Å². The van der Waals surface area contributed by atoms with Gasteiger partial charge in [0.15, 0.2) is 0 Å². The topological polar surface area (TPSA) is 12.0 Å². The highest BCUT2D eigenvalue weighted by molar-refractivity contribution is 7.99. The Labute approximate surface area is 129 Å². The number of rotatable bonds is 5. The van der Waals surface area contributed by atoms with Gasteiger partial charge in [-0.2, -0.15) is 11.8 Å². The third kappa shape index (κ3) is 3.87. The lowest BCUT2D eigenvalue weighted by molar-refractivity contribution is 0.600. The van der Waals surface area contributed by atoms with Crippen molar-refractivity contribution >= 4 is 23.1 Å². The first-order chi connectivity index (χ1) is 9.92. The van der Waals surface area contributed by atoms with Crippen molar-refractivity contribution in [2.45, 2.75) is 31.1 Å². The molecule has 1 aromatic heterocycles. The fraction of sp³-hybridized carbons (Fsp3) is 0.412. The standard InChI is InChI=1S/C17H21NS2/c1-2-6-14(7-3-1)15-10-17(20-13-15)12-18-11-16-8-4-5-9-19-16/h1-3,6-7,10,13,16,18H,4-5,8-9,11-12H2. The second-order valence-electron chi connectivity index (χ2n) is 5.29. The summed E-state index contributed by atoms with van der Waals surface area (Å²) in [5, 5.41) is 6.72. The lowest BCUT2D eigenvalue weighted by Gasteiger charge is -2.21. The molecule has 1 saturated heterocycles. The first kappa shape index (κ1) is 14.2. The van der Waals surface area contributed by atoms with Gasteiger partial charge >= 0.3 is 0 Å². The molecule has 1 fully saturated rings. The summed E-state index contributed by atoms with van der Waals surface area (Å²) >= 11 is 4.00. The summed E-state index contributed by atoms with van der Waals surface area (Å²) < 4.78 is 0. The summed E-state index contributed by atoms with van der Waals surface area (Å²) in [6, 6.07) is 13.0. The first-order valence-electron chi connectivity index (χ1n) is 7.37. The van der Waals surface area contributed by atoms with E-state index in [0.717, 1.165) is 18.3 Å². The third-order valence-electron chi connectivity index (χ3n) is 3.71. The van der Waals surface area contributed by atoms with Crippen molar-refractivity contribution in [1.82, 2.24) is 5.32 Å². The van der Waals surface area contributed by atoms with Crippen LogP contribution in [-0.2, 0) is 6.54 Å². The minimum atomic E-state index is 0.831. The van der Waals surface area contributed by atoms with Crippen LogP contribution in [0.4, 0.5) is 0 Å². The van der Waals surface area contributed by atoms with Crippen molar-refractivity contribution in [3.63, 3.8) is 0 Å². The van der Waals surface area contributed by atoms with E-state index in [2.05, 4.69) is 58.9 Å². The fourth-order valence-electron chi connectivity index (χ4n) is 2.58. The van der Waals surface area contributed by atoms with Crippen LogP contribution in [0.5, 0.6) is 0 Å². The molecular weight excluding hydrogens is 282 g/mol. The molecule has 1 unspecified atom stereocenters. The lowest BCUT2D eigenvalue weighted by atomic mass is 10.1. The van der Waals surface area contributed by atoms with Gasteiger partial charge in [-0.25, -0.2) is 0 Å². The molecule has 1 atom stereocenters. The predicted molar refractivity (Wildman–Crippen MR) is 91.6 cm³/mol. The molecule has 1 aliphatic rings. The fourth-order valence-corrected chi connectivity index (χ4v) is 4.72. The van der Waals surface area contributed by atoms with Crippen molar-refractivity contribution < 1.29 is 0 Å². The molecule has 1 N–H and O–H groups in total. The van der Waals surface area contributed by atoms with Crippen LogP contribution in [-0.4, -0.2) is 17.5 Å². The van der Waals surface area contributed by atoms with Gasteiger partial charge in [-0.05, 0) is 41.2 Å². The van der Waals surface area contributed by atoms with E-state index >= 15 is 0 Å². The monoisotopic (exact) mass is 303 g/mol. The maximum absolute atomic E-state index is 3.63. The van der Waals surface area contributed by atoms with E-state index in [9.17, 15) is 0 Å². The quantitative estimate of drug-likeness (QED) is 0.852. The maximum atomic E-state index is 3.63. The Balaban J connectivity index is 1.50. The molecule has 1 aliphatic heterocycles. The van der Waals surface area contributed by atoms with Crippen molar-refractivity contribution in [1.29, 1.82) is 0 Å². The van der Waals surface area contributed by atoms with Gasteiger partial charge in [0.25, 0.3) is 0 Å². The molecule has 20 heavy (non-hydrogen) atoms. The van der Waals surface area contributed by atoms with Crippen LogP contribution >= 0.6 is 23.1 Å². The highest BCUT2D eigenvalue weighted by Crippen LogP contribution is 2.26. The number of nitrogens with one attached hydrogen (secondary N) is 1. The van der Waals surface area contributed by atoms with Gasteiger partial charge in [0.2, 0.25) is 0 Å². The summed E-state index contributed by atoms with van der Waals surface area (Å²) in [6.07, 6.45) is 4.21. The van der Waals surface area contributed by atoms with Crippen LogP contribution in [0.3, 0.4) is 0 Å². The normalized spacial score (nSPS) is 19.1. The van der Waals surface area contributed by atoms with Crippen molar-refractivity contribution in [2.75, 3.05) is 12.3 Å². The van der Waals surface area contributed by atoms with E-state index in [4.69, 9.17) is 0 Å². The molecule has 0 radical (unpaired) electrons. The van der Waals surface area contributed by atoms with Gasteiger partial charge in [-0.1, -0.05) is 36.8 Å². The zero-order valence-corrected chi connectivity index (χ0v) is 13.3. The third-order valence-corrected chi connectivity index (χ3v) is 6.04. The minimum Gasteiger partial charge on any atom is -0.311 e. The molecule has 3 heteroatoms. The summed E-state index contributed by atoms with van der Waals surface area (Å²) in [5.74, 6) is 1.35. The van der Waals surface area contributed by atoms with E-state index in [0.29, 0.717) is 0 Å². The van der Waals surface area contributed by atoms with Gasteiger partial charge in [-0.3, -0.25) is 0 Å². The van der Waals surface area contributed by atoms with E-state index < -0.39 is 0 Å². The molecule has 1 aromatic carbocycles. The molecule has 3 rings (SSSR count). The second kappa shape index (κ2) is 7.30. The Kier molecular flexibility index (Phi) is 5.17. The summed E-state index contributed by atoms with van der Waals surface area (Å²) in [7, 11) is 0. The Morgan fingerprint density at radius 2 is 2.00 bits per heavy atom. The number of thiophene rings is 1. The zero-order valence-electron chi connectivity index (χ0n) is 11.7. The van der Waals surface area contributed by atoms with E-state index in [1.54, 1.807) is 0 Å². The van der Waals surface area contributed by atoms with Gasteiger partial charge in [0.1, 0.15) is 0 Å². The molecule has 0 spiro atoms. The first-order valence-corrected chi connectivity index (χ1v) is 9.30. The van der Waals surface area contributed by atoms with Gasteiger partial charge in [-0.15, -0.1) is 11.3 Å². The molecule has 0 aliphatic carbocycles. The van der Waals surface area contributed by atoms with Crippen molar-refractivity contribution in [2.24, 2.45) is 0 Å². The Morgan fingerprint density at radius 1 is 1.10 bits per heavy atom. The molecule has 2 aromatic rings. The van der Waals surface area contributed by atoms with Gasteiger partial charge in [0, 0.05) is 23.2 Å². The number of benzene rings is 1. The van der Waals surface area contributed by atoms with Crippen LogP contribution in [0.25, 0.3) is 11.1 Å². The Bertz CT molecular complexity index is 515. The molecule has 2 heterocycles. The van der Waals surface area contributed by atoms with Crippen LogP contribution in [0, 0.1) is 0 Å². The SMILES string of the molecule is c1ccc(-c2csc(CNCC3CCCCS3)c2)cc1. The van der Waals surface area contributed by atoms with Crippen molar-refractivity contribution in [3.05, 3.63) is 46.7 Å². The summed E-state index contributed by atoms with van der Waals surface area (Å²) in [4.78, 5) is 1.43. The average Bonchev–Trinajstić information content (AvgIpc) is 2.98. The van der Waals surface area contributed by atoms with E-state index in [1.807, 2.05) is 11.3 Å². The van der Waals surface area contributed by atoms with Gasteiger partial charge in [0.05, 0.1) is 0 Å². The van der Waals surface area contributed by atoms with Crippen LogP contribution in [0.2, 0.25) is 0 Å². The predicted octanol–water partition coefficient (Wildman–Crippen LogP) is 4.79. The van der Waals surface area contributed by atoms with Crippen LogP contribution in [0.15, 0.2) is 41.8 Å².